The molecule has 0 aliphatic carbocycles. The summed E-state index contributed by atoms with van der Waals surface area (Å²) in [5.41, 5.74) is 7.09. The van der Waals surface area contributed by atoms with E-state index in [0.717, 1.165) is 83.8 Å². The van der Waals surface area contributed by atoms with Crippen molar-refractivity contribution in [3.63, 3.8) is 0 Å². The maximum absolute atomic E-state index is 13.8. The summed E-state index contributed by atoms with van der Waals surface area (Å²) in [6.07, 6.45) is 9.11. The molecule has 0 saturated heterocycles. The van der Waals surface area contributed by atoms with Gasteiger partial charge in [-0.25, -0.2) is 15.0 Å². The number of aryl methyl sites for hydroxylation is 2. The Bertz CT molecular complexity index is 2260. The number of nitrogens with zero attached hydrogens (tertiary/aromatic N) is 9. The van der Waals surface area contributed by atoms with Crippen molar-refractivity contribution in [2.75, 3.05) is 32.7 Å². The van der Waals surface area contributed by atoms with Crippen LogP contribution in [-0.2, 0) is 20.1 Å². The summed E-state index contributed by atoms with van der Waals surface area (Å²) in [7, 11) is 0. The molecule has 3 aromatic carbocycles. The Morgan fingerprint density at radius 1 is 0.704 bits per heavy atom. The summed E-state index contributed by atoms with van der Waals surface area (Å²) in [6, 6.07) is 35.4. The molecule has 0 fully saturated rings. The number of halogens is 2. The Kier molecular flexibility index (Phi) is 10.9. The second-order valence-corrected chi connectivity index (χ2v) is 12.5. The molecule has 1 radical (unpaired) electrons. The average Bonchev–Trinajstić information content (AvgIpc) is 3.85. The fraction of sp³-hybridized carbons (Fsp3) is 0.143. The van der Waals surface area contributed by atoms with Gasteiger partial charge in [0.05, 0.1) is 5.69 Å². The van der Waals surface area contributed by atoms with Crippen LogP contribution in [0, 0.1) is 57.0 Å². The van der Waals surface area contributed by atoms with Crippen molar-refractivity contribution in [2.24, 2.45) is 0 Å². The number of aromatic nitrogens is 5. The number of unbranched alkanes of at least 4 members (excludes halogenated alkanes) is 1. The molecule has 6 heterocycles. The van der Waals surface area contributed by atoms with Crippen molar-refractivity contribution < 1.29 is 28.9 Å². The van der Waals surface area contributed by atoms with Crippen LogP contribution in [0.4, 0.5) is 43.2 Å². The molecule has 2 aliphatic heterocycles. The van der Waals surface area contributed by atoms with Gasteiger partial charge < -0.3 is 24.0 Å². The molecule has 0 amide bonds. The number of imidazole rings is 1. The van der Waals surface area contributed by atoms with Crippen LogP contribution in [0.5, 0.6) is 0 Å². The van der Waals surface area contributed by atoms with Crippen LogP contribution in [0.1, 0.15) is 24.2 Å². The molecule has 0 bridgehead atoms. The molecule has 0 spiro atoms. The molecule has 4 aromatic heterocycles. The van der Waals surface area contributed by atoms with E-state index < -0.39 is 11.6 Å². The summed E-state index contributed by atoms with van der Waals surface area (Å²) in [4.78, 5) is 26.6. The van der Waals surface area contributed by atoms with Gasteiger partial charge in [0.15, 0.2) is 0 Å². The first-order valence-electron chi connectivity index (χ1n) is 17.3. The van der Waals surface area contributed by atoms with Crippen molar-refractivity contribution in [3.8, 4) is 11.3 Å². The zero-order chi connectivity index (χ0) is 36.3. The molecule has 0 unspecified atom stereocenters. The molecular weight excluding hydrogens is 861 g/mol. The Hall–Kier alpha value is -5.71. The normalized spacial score (nSPS) is 13.0. The topological polar surface area (TPSA) is 68.9 Å². The maximum Gasteiger partial charge on any atom is 0.124 e. The van der Waals surface area contributed by atoms with E-state index in [1.165, 1.54) is 0 Å². The van der Waals surface area contributed by atoms with Gasteiger partial charge in [0, 0.05) is 79.3 Å². The Morgan fingerprint density at radius 3 is 1.83 bits per heavy atom. The zero-order valence-corrected chi connectivity index (χ0v) is 31.9. The third-order valence-electron chi connectivity index (χ3n) is 9.18. The third kappa shape index (κ3) is 7.27. The molecule has 0 saturated carbocycles. The number of anilines is 6. The van der Waals surface area contributed by atoms with Crippen LogP contribution < -0.4 is 19.6 Å². The van der Waals surface area contributed by atoms with Gasteiger partial charge in [-0.1, -0.05) is 11.6 Å². The van der Waals surface area contributed by atoms with Crippen LogP contribution in [0.25, 0.3) is 16.9 Å². The van der Waals surface area contributed by atoms with E-state index in [1.807, 2.05) is 79.2 Å². The van der Waals surface area contributed by atoms with Crippen molar-refractivity contribution in [1.82, 2.24) is 24.3 Å². The molecule has 275 valence electrons. The van der Waals surface area contributed by atoms with Crippen LogP contribution in [0.15, 0.2) is 110 Å². The predicted molar refractivity (Wildman–Crippen MR) is 202 cm³/mol. The van der Waals surface area contributed by atoms with Gasteiger partial charge in [-0.15, -0.1) is 23.5 Å². The van der Waals surface area contributed by atoms with Crippen LogP contribution in [-0.4, -0.2) is 37.4 Å². The largest absolute Gasteiger partial charge is 0.500 e. The summed E-state index contributed by atoms with van der Waals surface area (Å²) < 4.78 is 28.6. The summed E-state index contributed by atoms with van der Waals surface area (Å²) in [6.45, 7) is 9.91. The Labute approximate surface area is 326 Å². The van der Waals surface area contributed by atoms with Crippen molar-refractivity contribution in [2.45, 2.75) is 26.7 Å². The smallest absolute Gasteiger partial charge is 0.124 e. The molecule has 12 heteroatoms. The fourth-order valence-electron chi connectivity index (χ4n) is 6.46. The van der Waals surface area contributed by atoms with Gasteiger partial charge in [0.1, 0.15) is 17.3 Å². The number of fused-ring (bicyclic) bond motifs is 3. The van der Waals surface area contributed by atoms with E-state index in [-0.39, 0.29) is 25.7 Å². The number of rotatable bonds is 8. The van der Waals surface area contributed by atoms with E-state index in [9.17, 15) is 8.78 Å². The Balaban J connectivity index is 0.000000191. The standard InChI is InChI=1S/C28H24N6.C14H10F2N3.Ir/c1-3-11-23(12-4-1)33-21-31(25-15-9-17-29-27(25)33)19-7-8-20-32-22-34(24-13-5-2-6-14-24)28-26(32)16-10-18-30-28;1-8-9(2)19-6-5-17-13(14(19)18-8)11-4-3-10(15)7-12(11)16;/h1-6,9-11,13,15-18,21-22H,7-8,19-20H2;3,5-7H,1-2H3;/q-4;-1;. The monoisotopic (exact) mass is 895 g/mol. The van der Waals surface area contributed by atoms with Crippen molar-refractivity contribution >= 4 is 40.0 Å². The summed E-state index contributed by atoms with van der Waals surface area (Å²) in [5, 5.41) is 0. The van der Waals surface area contributed by atoms with Crippen molar-refractivity contribution in [1.29, 1.82) is 0 Å². The number of benzene rings is 3. The van der Waals surface area contributed by atoms with Gasteiger partial charge in [0.2, 0.25) is 0 Å². The van der Waals surface area contributed by atoms with Gasteiger partial charge in [0.25, 0.3) is 0 Å². The third-order valence-corrected chi connectivity index (χ3v) is 9.18. The molecule has 2 aliphatic rings. The Morgan fingerprint density at radius 2 is 1.30 bits per heavy atom. The van der Waals surface area contributed by atoms with Gasteiger partial charge in [-0.2, -0.15) is 74.0 Å². The fourth-order valence-corrected chi connectivity index (χ4v) is 6.46. The van der Waals surface area contributed by atoms with Gasteiger partial charge in [-0.3, -0.25) is 13.8 Å². The number of pyridine rings is 2. The average molecular weight is 895 g/mol. The first-order chi connectivity index (χ1) is 26.0. The molecule has 0 N–H and O–H groups in total. The minimum atomic E-state index is -0.695. The minimum Gasteiger partial charge on any atom is -0.500 e. The predicted octanol–water partition coefficient (Wildman–Crippen LogP) is 8.80. The quantitative estimate of drug-likeness (QED) is 0.111. The number of para-hydroxylation sites is 2. The molecule has 54 heavy (non-hydrogen) atoms. The summed E-state index contributed by atoms with van der Waals surface area (Å²) >= 11 is 0. The minimum absolute atomic E-state index is 0. The zero-order valence-electron chi connectivity index (χ0n) is 29.5. The maximum atomic E-state index is 13.8. The SMILES string of the molecule is Cc1nc2c(-c3[c-]cc(F)cc3F)nccn2c1C.[Ir].[c-]1ccccc1N1[CH-]N(CCCCN2[CH-]N(c3[c-]cccc3)c3ncccc32)c2cccnc21. The molecule has 0 atom stereocenters. The van der Waals surface area contributed by atoms with Gasteiger partial charge >= 0.3 is 0 Å². The molecule has 9 nitrogen and oxygen atoms in total. The van der Waals surface area contributed by atoms with Crippen LogP contribution in [0.3, 0.4) is 0 Å². The van der Waals surface area contributed by atoms with Gasteiger partial charge in [-0.05, 0) is 64.0 Å². The van der Waals surface area contributed by atoms with E-state index in [2.05, 4.69) is 95.3 Å². The van der Waals surface area contributed by atoms with Crippen molar-refractivity contribution in [3.05, 3.63) is 164 Å². The van der Waals surface area contributed by atoms with Crippen LogP contribution >= 0.6 is 0 Å². The first kappa shape index (κ1) is 36.6. The van der Waals surface area contributed by atoms with E-state index in [0.29, 0.717) is 11.3 Å². The van der Waals surface area contributed by atoms with E-state index in [4.69, 9.17) is 0 Å². The second kappa shape index (κ2) is 16.1. The van der Waals surface area contributed by atoms with E-state index >= 15 is 0 Å². The molecular formula is C42H34F2IrN9-5. The number of hydrogen-bond donors (Lipinski definition) is 0. The molecule has 7 aromatic rings. The second-order valence-electron chi connectivity index (χ2n) is 12.5. The van der Waals surface area contributed by atoms with Crippen LogP contribution in [0.2, 0.25) is 0 Å². The summed E-state index contributed by atoms with van der Waals surface area (Å²) in [5.74, 6) is 0.544. The first-order valence-corrected chi connectivity index (χ1v) is 17.3. The molecule has 9 rings (SSSR count). The van der Waals surface area contributed by atoms with E-state index in [1.54, 1.807) is 12.4 Å². The number of hydrogen-bond acceptors (Lipinski definition) is 8.